The standard InChI is InChI=1S/C12H21NO5S/c1-3-18-6-10-4-5-19(15,16)12(10)8-13(9-12)11(14)7-17-2/h10H,3-9H2,1-2H3/t10-/m0/s1. The predicted molar refractivity (Wildman–Crippen MR) is 69.6 cm³/mol. The first kappa shape index (κ1) is 14.7. The average Bonchev–Trinajstić information content (AvgIpc) is 2.56. The quantitative estimate of drug-likeness (QED) is 0.694. The van der Waals surface area contributed by atoms with Crippen molar-refractivity contribution in [3.8, 4) is 0 Å². The number of nitrogens with zero attached hydrogens (tertiary/aromatic N) is 1. The van der Waals surface area contributed by atoms with E-state index in [1.807, 2.05) is 6.92 Å². The summed E-state index contributed by atoms with van der Waals surface area (Å²) in [5.74, 6) is 0.0614. The van der Waals surface area contributed by atoms with E-state index in [0.29, 0.717) is 19.6 Å². The van der Waals surface area contributed by atoms with E-state index >= 15 is 0 Å². The van der Waals surface area contributed by atoms with Crippen LogP contribution in [0.4, 0.5) is 0 Å². The lowest BCUT2D eigenvalue weighted by Crippen LogP contribution is -2.69. The van der Waals surface area contributed by atoms with Crippen LogP contribution in [0.2, 0.25) is 0 Å². The average molecular weight is 291 g/mol. The van der Waals surface area contributed by atoms with Crippen molar-refractivity contribution in [2.45, 2.75) is 18.1 Å². The van der Waals surface area contributed by atoms with Crippen molar-refractivity contribution < 1.29 is 22.7 Å². The Labute approximate surface area is 114 Å². The van der Waals surface area contributed by atoms with Crippen LogP contribution in [0.15, 0.2) is 0 Å². The van der Waals surface area contributed by atoms with E-state index in [9.17, 15) is 13.2 Å². The normalized spacial score (nSPS) is 27.5. The number of amides is 1. The maximum Gasteiger partial charge on any atom is 0.248 e. The van der Waals surface area contributed by atoms with Crippen LogP contribution in [0.3, 0.4) is 0 Å². The molecule has 0 saturated carbocycles. The highest BCUT2D eigenvalue weighted by molar-refractivity contribution is 7.93. The van der Waals surface area contributed by atoms with Gasteiger partial charge in [0.05, 0.1) is 12.4 Å². The molecule has 0 radical (unpaired) electrons. The van der Waals surface area contributed by atoms with Crippen molar-refractivity contribution in [2.75, 3.05) is 45.8 Å². The highest BCUT2D eigenvalue weighted by atomic mass is 32.2. The molecule has 2 fully saturated rings. The second-order valence-corrected chi connectivity index (χ2v) is 7.66. The second kappa shape index (κ2) is 5.38. The Hall–Kier alpha value is -0.660. The molecular formula is C12H21NO5S. The fraction of sp³-hybridized carbons (Fsp3) is 0.917. The maximum absolute atomic E-state index is 12.2. The summed E-state index contributed by atoms with van der Waals surface area (Å²) in [6, 6.07) is 0. The number of carbonyl (C=O) groups is 1. The molecule has 0 aromatic rings. The van der Waals surface area contributed by atoms with Gasteiger partial charge in [0.25, 0.3) is 0 Å². The first-order valence-corrected chi connectivity index (χ1v) is 8.19. The summed E-state index contributed by atoms with van der Waals surface area (Å²) < 4.78 is 33.9. The predicted octanol–water partition coefficient (Wildman–Crippen LogP) is -0.315. The van der Waals surface area contributed by atoms with Gasteiger partial charge in [0, 0.05) is 32.7 Å². The van der Waals surface area contributed by atoms with Gasteiger partial charge in [0.2, 0.25) is 5.91 Å². The molecule has 6 nitrogen and oxygen atoms in total. The van der Waals surface area contributed by atoms with Crippen LogP contribution in [0.25, 0.3) is 0 Å². The molecule has 19 heavy (non-hydrogen) atoms. The van der Waals surface area contributed by atoms with E-state index in [1.54, 1.807) is 4.90 Å². The van der Waals surface area contributed by atoms with E-state index in [0.717, 1.165) is 0 Å². The Morgan fingerprint density at radius 3 is 2.68 bits per heavy atom. The molecule has 0 N–H and O–H groups in total. The molecule has 0 aromatic carbocycles. The van der Waals surface area contributed by atoms with E-state index in [-0.39, 0.29) is 37.3 Å². The van der Waals surface area contributed by atoms with Crippen LogP contribution < -0.4 is 0 Å². The third kappa shape index (κ3) is 2.39. The fourth-order valence-electron chi connectivity index (χ4n) is 2.96. The van der Waals surface area contributed by atoms with Gasteiger partial charge in [-0.15, -0.1) is 0 Å². The zero-order chi connectivity index (χ0) is 14.1. The number of ether oxygens (including phenoxy) is 2. The Bertz CT molecular complexity index is 441. The van der Waals surface area contributed by atoms with Crippen LogP contribution >= 0.6 is 0 Å². The number of sulfone groups is 1. The smallest absolute Gasteiger partial charge is 0.248 e. The van der Waals surface area contributed by atoms with Crippen molar-refractivity contribution in [1.29, 1.82) is 0 Å². The Balaban J connectivity index is 2.06. The monoisotopic (exact) mass is 291 g/mol. The van der Waals surface area contributed by atoms with Gasteiger partial charge in [0.1, 0.15) is 11.4 Å². The van der Waals surface area contributed by atoms with Gasteiger partial charge in [-0.25, -0.2) is 8.42 Å². The zero-order valence-electron chi connectivity index (χ0n) is 11.4. The molecule has 2 aliphatic heterocycles. The van der Waals surface area contributed by atoms with Crippen molar-refractivity contribution in [3.63, 3.8) is 0 Å². The van der Waals surface area contributed by atoms with Crippen LogP contribution in [-0.4, -0.2) is 69.7 Å². The molecule has 1 atom stereocenters. The van der Waals surface area contributed by atoms with Crippen LogP contribution in [0, 0.1) is 5.92 Å². The summed E-state index contributed by atoms with van der Waals surface area (Å²) in [4.78, 5) is 13.2. The summed E-state index contributed by atoms with van der Waals surface area (Å²) in [5.41, 5.74) is 0. The molecule has 2 rings (SSSR count). The van der Waals surface area contributed by atoms with E-state index in [2.05, 4.69) is 0 Å². The molecule has 2 heterocycles. The van der Waals surface area contributed by atoms with Crippen molar-refractivity contribution in [3.05, 3.63) is 0 Å². The van der Waals surface area contributed by atoms with Crippen molar-refractivity contribution in [2.24, 2.45) is 5.92 Å². The summed E-state index contributed by atoms with van der Waals surface area (Å²) in [6.07, 6.45) is 0.634. The molecular weight excluding hydrogens is 270 g/mol. The summed E-state index contributed by atoms with van der Waals surface area (Å²) in [5, 5.41) is 0. The first-order chi connectivity index (χ1) is 8.97. The van der Waals surface area contributed by atoms with E-state index in [1.165, 1.54) is 7.11 Å². The SMILES string of the molecule is CCOC[C@@H]1CCS(=O)(=O)C12CN(C(=O)COC)C2. The third-order valence-electron chi connectivity index (χ3n) is 4.16. The fourth-order valence-corrected chi connectivity index (χ4v) is 5.36. The number of methoxy groups -OCH3 is 1. The van der Waals surface area contributed by atoms with Gasteiger partial charge >= 0.3 is 0 Å². The second-order valence-electron chi connectivity index (χ2n) is 5.21. The van der Waals surface area contributed by atoms with Gasteiger partial charge in [-0.05, 0) is 13.3 Å². The molecule has 1 spiro atoms. The number of likely N-dealkylation sites (tertiary alicyclic amines) is 1. The minimum absolute atomic E-state index is 0.00375. The van der Waals surface area contributed by atoms with Crippen LogP contribution in [0.1, 0.15) is 13.3 Å². The van der Waals surface area contributed by atoms with Gasteiger partial charge in [-0.1, -0.05) is 0 Å². The van der Waals surface area contributed by atoms with Gasteiger partial charge in [-0.2, -0.15) is 0 Å². The molecule has 7 heteroatoms. The van der Waals surface area contributed by atoms with Crippen LogP contribution in [0.5, 0.6) is 0 Å². The Morgan fingerprint density at radius 1 is 1.42 bits per heavy atom. The topological polar surface area (TPSA) is 72.9 Å². The molecule has 0 unspecified atom stereocenters. The highest BCUT2D eigenvalue weighted by Crippen LogP contribution is 2.44. The lowest BCUT2D eigenvalue weighted by Gasteiger charge is -2.49. The molecule has 2 aliphatic rings. The Morgan fingerprint density at radius 2 is 2.11 bits per heavy atom. The number of hydrogen-bond donors (Lipinski definition) is 0. The van der Waals surface area contributed by atoms with Crippen molar-refractivity contribution >= 4 is 15.7 Å². The van der Waals surface area contributed by atoms with Gasteiger partial charge in [-0.3, -0.25) is 4.79 Å². The number of carbonyl (C=O) groups excluding carboxylic acids is 1. The number of rotatable bonds is 5. The summed E-state index contributed by atoms with van der Waals surface area (Å²) >= 11 is 0. The van der Waals surface area contributed by atoms with Crippen LogP contribution in [-0.2, 0) is 24.1 Å². The molecule has 2 saturated heterocycles. The van der Waals surface area contributed by atoms with E-state index < -0.39 is 14.6 Å². The molecule has 0 bridgehead atoms. The van der Waals surface area contributed by atoms with Gasteiger partial charge in [0.15, 0.2) is 9.84 Å². The lowest BCUT2D eigenvalue weighted by molar-refractivity contribution is -0.141. The molecule has 0 aliphatic carbocycles. The third-order valence-corrected chi connectivity index (χ3v) is 6.76. The minimum Gasteiger partial charge on any atom is -0.381 e. The maximum atomic E-state index is 12.2. The van der Waals surface area contributed by atoms with E-state index in [4.69, 9.17) is 9.47 Å². The zero-order valence-corrected chi connectivity index (χ0v) is 12.2. The molecule has 110 valence electrons. The molecule has 0 aromatic heterocycles. The molecule has 1 amide bonds. The van der Waals surface area contributed by atoms with Crippen molar-refractivity contribution in [1.82, 2.24) is 4.90 Å². The first-order valence-electron chi connectivity index (χ1n) is 6.53. The number of hydrogen-bond acceptors (Lipinski definition) is 5. The minimum atomic E-state index is -3.13. The highest BCUT2D eigenvalue weighted by Gasteiger charge is 2.62. The van der Waals surface area contributed by atoms with Gasteiger partial charge < -0.3 is 14.4 Å². The Kier molecular flexibility index (Phi) is 4.17. The summed E-state index contributed by atoms with van der Waals surface area (Å²) in [6.45, 7) is 3.52. The largest absolute Gasteiger partial charge is 0.381 e. The lowest BCUT2D eigenvalue weighted by atomic mass is 9.83. The summed E-state index contributed by atoms with van der Waals surface area (Å²) in [7, 11) is -1.67.